The highest BCUT2D eigenvalue weighted by molar-refractivity contribution is 5.94. The summed E-state index contributed by atoms with van der Waals surface area (Å²) in [5.74, 6) is -1.48. The van der Waals surface area contributed by atoms with Crippen LogP contribution in [0.4, 0.5) is 0 Å². The maximum Gasteiger partial charge on any atom is 0.311 e. The van der Waals surface area contributed by atoms with Gasteiger partial charge in [0.1, 0.15) is 0 Å². The fourth-order valence-corrected chi connectivity index (χ4v) is 4.08. The van der Waals surface area contributed by atoms with Gasteiger partial charge in [0, 0.05) is 44.6 Å². The predicted octanol–water partition coefficient (Wildman–Crippen LogP) is 1.34. The van der Waals surface area contributed by atoms with Crippen molar-refractivity contribution in [3.05, 3.63) is 35.4 Å². The van der Waals surface area contributed by atoms with Crippen LogP contribution in [0.25, 0.3) is 0 Å². The lowest BCUT2D eigenvalue weighted by atomic mass is 9.75. The fraction of sp³-hybridized carbons (Fsp3) is 0.474. The standard InChI is InChI=1S/C19H21N3O4/c1-13(23)22-11-16-10-21(8-2-7-19(16,12-22)18(25)26)17(24)15-5-3-14(9-20)4-6-15/h3-6,16H,2,7-8,10-12H2,1H3,(H,25,26)/t16-,19-/m1/s1. The Morgan fingerprint density at radius 1 is 1.19 bits per heavy atom. The monoisotopic (exact) mass is 355 g/mol. The number of benzene rings is 1. The van der Waals surface area contributed by atoms with Crippen molar-refractivity contribution in [3.63, 3.8) is 0 Å². The molecule has 3 rings (SSSR count). The average molecular weight is 355 g/mol. The zero-order valence-electron chi connectivity index (χ0n) is 14.6. The third-order valence-corrected chi connectivity index (χ3v) is 5.61. The zero-order chi connectivity index (χ0) is 18.9. The Kier molecular flexibility index (Phi) is 4.68. The minimum atomic E-state index is -0.981. The molecule has 0 unspecified atom stereocenters. The fourth-order valence-electron chi connectivity index (χ4n) is 4.08. The molecule has 0 spiro atoms. The van der Waals surface area contributed by atoms with Gasteiger partial charge in [-0.1, -0.05) is 0 Å². The maximum absolute atomic E-state index is 12.8. The van der Waals surface area contributed by atoms with Crippen LogP contribution in [-0.2, 0) is 9.59 Å². The van der Waals surface area contributed by atoms with Crippen LogP contribution in [0, 0.1) is 22.7 Å². The smallest absolute Gasteiger partial charge is 0.311 e. The predicted molar refractivity (Wildman–Crippen MR) is 92.1 cm³/mol. The Balaban J connectivity index is 1.84. The summed E-state index contributed by atoms with van der Waals surface area (Å²) in [6.07, 6.45) is 1.03. The quantitative estimate of drug-likeness (QED) is 0.863. The van der Waals surface area contributed by atoms with Crippen molar-refractivity contribution in [1.82, 2.24) is 9.80 Å². The summed E-state index contributed by atoms with van der Waals surface area (Å²) in [5, 5.41) is 18.7. The highest BCUT2D eigenvalue weighted by Gasteiger charge is 2.54. The van der Waals surface area contributed by atoms with E-state index >= 15 is 0 Å². The Morgan fingerprint density at radius 3 is 2.42 bits per heavy atom. The second-order valence-corrected chi connectivity index (χ2v) is 7.10. The maximum atomic E-state index is 12.8. The van der Waals surface area contributed by atoms with E-state index < -0.39 is 11.4 Å². The molecule has 2 fully saturated rings. The lowest BCUT2D eigenvalue weighted by Gasteiger charge is -2.29. The van der Waals surface area contributed by atoms with Gasteiger partial charge in [0.05, 0.1) is 17.0 Å². The van der Waals surface area contributed by atoms with Gasteiger partial charge in [-0.15, -0.1) is 0 Å². The number of nitrogens with zero attached hydrogens (tertiary/aromatic N) is 3. The topological polar surface area (TPSA) is 102 Å². The first-order chi connectivity index (χ1) is 12.4. The van der Waals surface area contributed by atoms with Gasteiger partial charge in [-0.05, 0) is 37.1 Å². The van der Waals surface area contributed by atoms with E-state index in [-0.39, 0.29) is 24.3 Å². The molecule has 1 aromatic rings. The number of nitriles is 1. The molecule has 26 heavy (non-hydrogen) atoms. The van der Waals surface area contributed by atoms with Gasteiger partial charge in [0.15, 0.2) is 0 Å². The van der Waals surface area contributed by atoms with Gasteiger partial charge in [-0.25, -0.2) is 0 Å². The van der Waals surface area contributed by atoms with Crippen molar-refractivity contribution in [2.45, 2.75) is 19.8 Å². The number of amides is 2. The number of likely N-dealkylation sites (tertiary alicyclic amines) is 2. The molecule has 1 aromatic carbocycles. The third-order valence-electron chi connectivity index (χ3n) is 5.61. The van der Waals surface area contributed by atoms with Gasteiger partial charge in [-0.3, -0.25) is 14.4 Å². The van der Waals surface area contributed by atoms with Gasteiger partial charge < -0.3 is 14.9 Å². The van der Waals surface area contributed by atoms with Crippen LogP contribution in [0.5, 0.6) is 0 Å². The minimum absolute atomic E-state index is 0.135. The molecule has 2 amide bonds. The summed E-state index contributed by atoms with van der Waals surface area (Å²) in [7, 11) is 0. The summed E-state index contributed by atoms with van der Waals surface area (Å²) < 4.78 is 0. The van der Waals surface area contributed by atoms with Crippen molar-refractivity contribution in [1.29, 1.82) is 5.26 Å². The number of carbonyl (C=O) groups excluding carboxylic acids is 2. The second-order valence-electron chi connectivity index (χ2n) is 7.10. The molecule has 1 N–H and O–H groups in total. The molecule has 2 atom stereocenters. The molecule has 0 aromatic heterocycles. The number of hydrogen-bond donors (Lipinski definition) is 1. The number of hydrogen-bond acceptors (Lipinski definition) is 4. The van der Waals surface area contributed by atoms with E-state index in [2.05, 4.69) is 0 Å². The minimum Gasteiger partial charge on any atom is -0.481 e. The van der Waals surface area contributed by atoms with E-state index in [9.17, 15) is 19.5 Å². The zero-order valence-corrected chi connectivity index (χ0v) is 14.6. The molecule has 0 saturated carbocycles. The SMILES string of the molecule is CC(=O)N1C[C@H]2CN(C(=O)c3ccc(C#N)cc3)CCC[C@@]2(C(=O)O)C1. The molecule has 0 aliphatic carbocycles. The molecular weight excluding hydrogens is 334 g/mol. The Hall–Kier alpha value is -2.88. The van der Waals surface area contributed by atoms with Crippen LogP contribution in [0.15, 0.2) is 24.3 Å². The molecule has 136 valence electrons. The summed E-state index contributed by atoms with van der Waals surface area (Å²) in [6.45, 7) is 2.82. The molecule has 2 aliphatic rings. The summed E-state index contributed by atoms with van der Waals surface area (Å²) in [5.41, 5.74) is -0.0193. The van der Waals surface area contributed by atoms with Crippen LogP contribution in [0.3, 0.4) is 0 Å². The van der Waals surface area contributed by atoms with Gasteiger partial charge in [0.2, 0.25) is 5.91 Å². The van der Waals surface area contributed by atoms with Crippen LogP contribution in [-0.4, -0.2) is 58.9 Å². The first-order valence-corrected chi connectivity index (χ1v) is 8.66. The molecule has 7 nitrogen and oxygen atoms in total. The molecule has 2 aliphatic heterocycles. The summed E-state index contributed by atoms with van der Waals surface area (Å²) in [6, 6.07) is 8.45. The van der Waals surface area contributed by atoms with Crippen LogP contribution >= 0.6 is 0 Å². The van der Waals surface area contributed by atoms with Gasteiger partial charge >= 0.3 is 5.97 Å². The van der Waals surface area contributed by atoms with Crippen molar-refractivity contribution in [2.24, 2.45) is 11.3 Å². The molecule has 2 heterocycles. The Bertz CT molecular complexity index is 783. The lowest BCUT2D eigenvalue weighted by molar-refractivity contribution is -0.151. The van der Waals surface area contributed by atoms with E-state index in [0.717, 1.165) is 0 Å². The second kappa shape index (κ2) is 6.79. The first-order valence-electron chi connectivity index (χ1n) is 8.66. The number of rotatable bonds is 2. The molecule has 7 heteroatoms. The number of carboxylic acid groups (broad SMARTS) is 1. The van der Waals surface area contributed by atoms with Crippen LogP contribution in [0.1, 0.15) is 35.7 Å². The number of carbonyl (C=O) groups is 3. The van der Waals surface area contributed by atoms with Crippen LogP contribution < -0.4 is 0 Å². The van der Waals surface area contributed by atoms with Crippen molar-refractivity contribution in [3.8, 4) is 6.07 Å². The summed E-state index contributed by atoms with van der Waals surface area (Å²) in [4.78, 5) is 39.9. The normalized spacial score (nSPS) is 25.2. The van der Waals surface area contributed by atoms with E-state index in [1.165, 1.54) is 6.92 Å². The summed E-state index contributed by atoms with van der Waals surface area (Å²) >= 11 is 0. The van der Waals surface area contributed by atoms with Crippen molar-refractivity contribution < 1.29 is 19.5 Å². The molecular formula is C19H21N3O4. The Morgan fingerprint density at radius 2 is 1.85 bits per heavy atom. The van der Waals surface area contributed by atoms with Crippen LogP contribution in [0.2, 0.25) is 0 Å². The average Bonchev–Trinajstić information content (AvgIpc) is 2.91. The number of carboxylic acids is 1. The first kappa shape index (κ1) is 17.9. The van der Waals surface area contributed by atoms with Gasteiger partial charge in [0.25, 0.3) is 5.91 Å². The lowest BCUT2D eigenvalue weighted by Crippen LogP contribution is -2.42. The van der Waals surface area contributed by atoms with E-state index in [4.69, 9.17) is 5.26 Å². The van der Waals surface area contributed by atoms with Gasteiger partial charge in [-0.2, -0.15) is 5.26 Å². The Labute approximate surface area is 151 Å². The van der Waals surface area contributed by atoms with E-state index in [1.807, 2.05) is 6.07 Å². The van der Waals surface area contributed by atoms with Crippen molar-refractivity contribution in [2.75, 3.05) is 26.2 Å². The molecule has 0 radical (unpaired) electrons. The number of aliphatic carboxylic acids is 1. The number of fused-ring (bicyclic) bond motifs is 1. The third kappa shape index (κ3) is 3.03. The van der Waals surface area contributed by atoms with Crippen molar-refractivity contribution >= 4 is 17.8 Å². The highest BCUT2D eigenvalue weighted by atomic mass is 16.4. The van der Waals surface area contributed by atoms with E-state index in [0.29, 0.717) is 43.6 Å². The van der Waals surface area contributed by atoms with E-state index in [1.54, 1.807) is 34.1 Å². The largest absolute Gasteiger partial charge is 0.481 e. The highest BCUT2D eigenvalue weighted by Crippen LogP contribution is 2.43. The molecule has 0 bridgehead atoms. The molecule has 2 saturated heterocycles.